The van der Waals surface area contributed by atoms with E-state index in [1.807, 2.05) is 0 Å². The molecule has 0 aromatic heterocycles. The third-order valence-corrected chi connectivity index (χ3v) is 3.47. The molecule has 0 aromatic carbocycles. The number of unbranched alkanes of at least 4 members (excludes halogenated alkanes) is 2. The molecule has 1 N–H and O–H groups in total. The van der Waals surface area contributed by atoms with Crippen molar-refractivity contribution in [2.24, 2.45) is 0 Å². The summed E-state index contributed by atoms with van der Waals surface area (Å²) in [6, 6.07) is 0. The van der Waals surface area contributed by atoms with Gasteiger partial charge in [0.1, 0.15) is 6.10 Å². The van der Waals surface area contributed by atoms with Crippen molar-refractivity contribution in [1.29, 1.82) is 0 Å². The second-order valence-electron chi connectivity index (χ2n) is 5.18. The van der Waals surface area contributed by atoms with Crippen LogP contribution in [0.3, 0.4) is 0 Å². The maximum Gasteiger partial charge on any atom is 0.330 e. The van der Waals surface area contributed by atoms with E-state index in [2.05, 4.69) is 6.92 Å². The number of aliphatic hydroxyl groups is 1. The molecule has 0 bridgehead atoms. The third kappa shape index (κ3) is 6.73. The van der Waals surface area contributed by atoms with Crippen molar-refractivity contribution in [3.63, 3.8) is 0 Å². The summed E-state index contributed by atoms with van der Waals surface area (Å²) in [5.74, 6) is -0.310. The van der Waals surface area contributed by atoms with Crippen LogP contribution in [0.2, 0.25) is 0 Å². The van der Waals surface area contributed by atoms with Gasteiger partial charge in [-0.3, -0.25) is 0 Å². The first-order valence-electron chi connectivity index (χ1n) is 7.23. The quantitative estimate of drug-likeness (QED) is 0.517. The van der Waals surface area contributed by atoms with Gasteiger partial charge in [-0.15, -0.1) is 0 Å². The summed E-state index contributed by atoms with van der Waals surface area (Å²) in [4.78, 5) is 11.1. The van der Waals surface area contributed by atoms with Gasteiger partial charge in [0.2, 0.25) is 0 Å². The van der Waals surface area contributed by atoms with E-state index >= 15 is 0 Å². The van der Waals surface area contributed by atoms with Gasteiger partial charge >= 0.3 is 5.97 Å². The number of aliphatic hydroxyl groups excluding tert-OH is 1. The van der Waals surface area contributed by atoms with E-state index < -0.39 is 6.10 Å². The molecule has 0 radical (unpaired) electrons. The Bertz CT molecular complexity index is 288. The zero-order chi connectivity index (χ0) is 14.1. The first-order valence-corrected chi connectivity index (χ1v) is 7.23. The van der Waals surface area contributed by atoms with Crippen LogP contribution in [0.1, 0.15) is 51.9 Å². The molecule has 0 saturated carbocycles. The van der Waals surface area contributed by atoms with Crippen LogP contribution in [0.15, 0.2) is 12.2 Å². The Hall–Kier alpha value is -0.870. The van der Waals surface area contributed by atoms with Gasteiger partial charge < -0.3 is 14.6 Å². The summed E-state index contributed by atoms with van der Waals surface area (Å²) in [7, 11) is 1.69. The molecule has 1 rings (SSSR count). The molecule has 4 heteroatoms. The van der Waals surface area contributed by atoms with Crippen molar-refractivity contribution in [2.45, 2.75) is 70.2 Å². The van der Waals surface area contributed by atoms with Crippen molar-refractivity contribution in [3.8, 4) is 0 Å². The summed E-state index contributed by atoms with van der Waals surface area (Å²) < 4.78 is 10.5. The minimum Gasteiger partial charge on any atom is -0.459 e. The predicted molar refractivity (Wildman–Crippen MR) is 73.8 cm³/mol. The Labute approximate surface area is 115 Å². The molecule has 0 unspecified atom stereocenters. The second kappa shape index (κ2) is 9.10. The fraction of sp³-hybridized carbons (Fsp3) is 0.800. The van der Waals surface area contributed by atoms with Gasteiger partial charge in [-0.1, -0.05) is 32.3 Å². The molecular formula is C15H26O4. The number of carbonyl (C=O) groups is 1. The van der Waals surface area contributed by atoms with Crippen LogP contribution in [-0.4, -0.2) is 36.5 Å². The number of cyclic esters (lactones) is 1. The summed E-state index contributed by atoms with van der Waals surface area (Å²) >= 11 is 0. The molecule has 1 aliphatic heterocycles. The smallest absolute Gasteiger partial charge is 0.330 e. The molecule has 1 heterocycles. The van der Waals surface area contributed by atoms with Crippen molar-refractivity contribution < 1.29 is 19.4 Å². The van der Waals surface area contributed by atoms with E-state index in [4.69, 9.17) is 9.47 Å². The van der Waals surface area contributed by atoms with Gasteiger partial charge in [0, 0.05) is 26.0 Å². The predicted octanol–water partition coefficient (Wildman–Crippen LogP) is 2.59. The molecule has 0 fully saturated rings. The zero-order valence-electron chi connectivity index (χ0n) is 12.0. The van der Waals surface area contributed by atoms with E-state index in [-0.39, 0.29) is 18.2 Å². The molecule has 0 saturated heterocycles. The molecule has 19 heavy (non-hydrogen) atoms. The van der Waals surface area contributed by atoms with E-state index in [0.717, 1.165) is 12.8 Å². The number of hydrogen-bond donors (Lipinski definition) is 1. The lowest BCUT2D eigenvalue weighted by atomic mass is 9.99. The topological polar surface area (TPSA) is 55.8 Å². The standard InChI is InChI=1S/C15H26O4/c1-3-4-5-7-13(18-2)10-12(16)11-14-8-6-9-15(17)19-14/h6,9,12-14,16H,3-5,7-8,10-11H2,1-2H3/t12-,13+,14-/m0/s1. The number of hydrogen-bond acceptors (Lipinski definition) is 4. The highest BCUT2D eigenvalue weighted by Crippen LogP contribution is 2.18. The van der Waals surface area contributed by atoms with Crippen molar-refractivity contribution in [3.05, 3.63) is 12.2 Å². The van der Waals surface area contributed by atoms with Gasteiger partial charge in [-0.25, -0.2) is 4.79 Å². The number of methoxy groups -OCH3 is 1. The first kappa shape index (κ1) is 16.2. The Morgan fingerprint density at radius 2 is 2.32 bits per heavy atom. The number of esters is 1. The SMILES string of the molecule is CCCCC[C@H](C[C@H](O)C[C@@H]1CC=CC(=O)O1)OC. The molecule has 3 atom stereocenters. The lowest BCUT2D eigenvalue weighted by Gasteiger charge is -2.24. The maximum atomic E-state index is 11.1. The molecule has 1 aliphatic rings. The van der Waals surface area contributed by atoms with Gasteiger partial charge in [-0.05, 0) is 12.8 Å². The fourth-order valence-electron chi connectivity index (χ4n) is 2.37. The van der Waals surface area contributed by atoms with E-state index in [0.29, 0.717) is 19.3 Å². The molecule has 0 amide bonds. The van der Waals surface area contributed by atoms with Crippen molar-refractivity contribution in [1.82, 2.24) is 0 Å². The maximum absolute atomic E-state index is 11.1. The Morgan fingerprint density at radius 1 is 1.53 bits per heavy atom. The number of rotatable bonds is 9. The average Bonchev–Trinajstić information content (AvgIpc) is 2.37. The normalized spacial score (nSPS) is 22.1. The lowest BCUT2D eigenvalue weighted by molar-refractivity contribution is -0.145. The van der Waals surface area contributed by atoms with Gasteiger partial charge in [0.25, 0.3) is 0 Å². The summed E-state index contributed by atoms with van der Waals surface area (Å²) in [6.45, 7) is 2.17. The molecular weight excluding hydrogens is 244 g/mol. The van der Waals surface area contributed by atoms with E-state index in [1.54, 1.807) is 13.2 Å². The molecule has 0 spiro atoms. The van der Waals surface area contributed by atoms with Crippen LogP contribution >= 0.6 is 0 Å². The molecule has 110 valence electrons. The summed E-state index contributed by atoms with van der Waals surface area (Å²) in [5.41, 5.74) is 0. The lowest BCUT2D eigenvalue weighted by Crippen LogP contribution is -2.28. The van der Waals surface area contributed by atoms with Crippen LogP contribution in [-0.2, 0) is 14.3 Å². The highest BCUT2D eigenvalue weighted by molar-refractivity contribution is 5.82. The van der Waals surface area contributed by atoms with Crippen LogP contribution < -0.4 is 0 Å². The number of carbonyl (C=O) groups excluding carboxylic acids is 1. The zero-order valence-corrected chi connectivity index (χ0v) is 12.0. The molecule has 0 aromatic rings. The highest BCUT2D eigenvalue weighted by Gasteiger charge is 2.22. The molecule has 4 nitrogen and oxygen atoms in total. The monoisotopic (exact) mass is 270 g/mol. The minimum absolute atomic E-state index is 0.0939. The first-order chi connectivity index (χ1) is 9.15. The van der Waals surface area contributed by atoms with Crippen LogP contribution in [0, 0.1) is 0 Å². The Morgan fingerprint density at radius 3 is 2.95 bits per heavy atom. The van der Waals surface area contributed by atoms with Crippen LogP contribution in [0.4, 0.5) is 0 Å². The number of ether oxygens (including phenoxy) is 2. The average molecular weight is 270 g/mol. The highest BCUT2D eigenvalue weighted by atomic mass is 16.5. The largest absolute Gasteiger partial charge is 0.459 e. The summed E-state index contributed by atoms with van der Waals surface area (Å²) in [6.07, 6.45) is 8.94. The van der Waals surface area contributed by atoms with Crippen molar-refractivity contribution >= 4 is 5.97 Å². The molecule has 0 aliphatic carbocycles. The summed E-state index contributed by atoms with van der Waals surface area (Å²) in [5, 5.41) is 10.1. The Balaban J connectivity index is 2.26. The van der Waals surface area contributed by atoms with Crippen LogP contribution in [0.25, 0.3) is 0 Å². The fourth-order valence-corrected chi connectivity index (χ4v) is 2.37. The van der Waals surface area contributed by atoms with E-state index in [1.165, 1.54) is 18.9 Å². The van der Waals surface area contributed by atoms with Crippen molar-refractivity contribution in [2.75, 3.05) is 7.11 Å². The second-order valence-corrected chi connectivity index (χ2v) is 5.18. The Kier molecular flexibility index (Phi) is 7.75. The minimum atomic E-state index is -0.476. The van der Waals surface area contributed by atoms with Gasteiger partial charge in [0.05, 0.1) is 12.2 Å². The van der Waals surface area contributed by atoms with E-state index in [9.17, 15) is 9.90 Å². The van der Waals surface area contributed by atoms with Gasteiger partial charge in [-0.2, -0.15) is 0 Å². The van der Waals surface area contributed by atoms with Crippen LogP contribution in [0.5, 0.6) is 0 Å². The van der Waals surface area contributed by atoms with Gasteiger partial charge in [0.15, 0.2) is 0 Å². The third-order valence-electron chi connectivity index (χ3n) is 3.47.